The van der Waals surface area contributed by atoms with Gasteiger partial charge in [-0.15, -0.1) is 0 Å². The van der Waals surface area contributed by atoms with Crippen LogP contribution in [0.4, 0.5) is 20.2 Å². The average Bonchev–Trinajstić information content (AvgIpc) is 2.56. The minimum atomic E-state index is -2.62. The third kappa shape index (κ3) is 5.61. The van der Waals surface area contributed by atoms with Crippen molar-refractivity contribution in [2.45, 2.75) is 10.7 Å². The highest BCUT2D eigenvalue weighted by atomic mass is 35.5. The Labute approximate surface area is 151 Å². The molecule has 0 radical (unpaired) electrons. The van der Waals surface area contributed by atoms with Crippen LogP contribution in [0.2, 0.25) is 5.02 Å². The highest BCUT2D eigenvalue weighted by molar-refractivity contribution is 7.99. The summed E-state index contributed by atoms with van der Waals surface area (Å²) in [6.07, 6.45) is 0. The number of carbonyl (C=O) groups is 2. The van der Waals surface area contributed by atoms with Crippen LogP contribution in [0.1, 0.15) is 10.4 Å². The Bertz CT molecular complexity index is 790. The number of esters is 1. The van der Waals surface area contributed by atoms with Gasteiger partial charge in [-0.2, -0.15) is 8.78 Å². The molecule has 0 aliphatic heterocycles. The van der Waals surface area contributed by atoms with Crippen molar-refractivity contribution in [3.63, 3.8) is 0 Å². The topological polar surface area (TPSA) is 81.4 Å². The summed E-state index contributed by atoms with van der Waals surface area (Å²) in [7, 11) is 0. The number of ether oxygens (including phenoxy) is 1. The van der Waals surface area contributed by atoms with Crippen LogP contribution in [-0.4, -0.2) is 24.2 Å². The number of amides is 1. The van der Waals surface area contributed by atoms with Crippen LogP contribution in [0.3, 0.4) is 0 Å². The van der Waals surface area contributed by atoms with E-state index in [1.807, 2.05) is 0 Å². The molecule has 0 heterocycles. The molecule has 0 aliphatic rings. The first-order valence-electron chi connectivity index (χ1n) is 6.92. The zero-order chi connectivity index (χ0) is 18.4. The van der Waals surface area contributed by atoms with Gasteiger partial charge in [0, 0.05) is 15.6 Å². The molecule has 0 saturated heterocycles. The lowest BCUT2D eigenvalue weighted by Crippen LogP contribution is -2.21. The molecular weight excluding hydrogens is 374 g/mol. The third-order valence-corrected chi connectivity index (χ3v) is 3.97. The van der Waals surface area contributed by atoms with Crippen molar-refractivity contribution in [2.24, 2.45) is 0 Å². The van der Waals surface area contributed by atoms with Crippen molar-refractivity contribution in [3.05, 3.63) is 53.1 Å². The predicted octanol–water partition coefficient (Wildman–Crippen LogP) is 4.03. The number of carbonyl (C=O) groups excluding carboxylic acids is 2. The summed E-state index contributed by atoms with van der Waals surface area (Å²) in [5.74, 6) is -4.11. The quantitative estimate of drug-likeness (QED) is 0.445. The first-order chi connectivity index (χ1) is 11.9. The highest BCUT2D eigenvalue weighted by Crippen LogP contribution is 2.31. The Hall–Kier alpha value is -2.32. The Balaban J connectivity index is 1.97. The van der Waals surface area contributed by atoms with E-state index in [0.29, 0.717) is 16.8 Å². The van der Waals surface area contributed by atoms with Crippen LogP contribution in [0, 0.1) is 0 Å². The lowest BCUT2D eigenvalue weighted by molar-refractivity contribution is -0.119. The summed E-state index contributed by atoms with van der Waals surface area (Å²) in [6, 6.07) is 10.4. The summed E-state index contributed by atoms with van der Waals surface area (Å²) in [5, 5.41) is 2.72. The van der Waals surface area contributed by atoms with Crippen LogP contribution in [-0.2, 0) is 9.53 Å². The average molecular weight is 387 g/mol. The van der Waals surface area contributed by atoms with Gasteiger partial charge in [-0.3, -0.25) is 4.79 Å². The normalized spacial score (nSPS) is 10.6. The number of nitrogens with one attached hydrogen (secondary N) is 1. The number of halogens is 3. The van der Waals surface area contributed by atoms with Gasteiger partial charge in [-0.05, 0) is 30.3 Å². The Morgan fingerprint density at radius 2 is 1.96 bits per heavy atom. The fourth-order valence-corrected chi connectivity index (χ4v) is 2.64. The fraction of sp³-hybridized carbons (Fsp3) is 0.125. The number of nitrogens with two attached hydrogens (primary N) is 1. The van der Waals surface area contributed by atoms with Crippen LogP contribution >= 0.6 is 23.4 Å². The zero-order valence-electron chi connectivity index (χ0n) is 12.7. The van der Waals surface area contributed by atoms with Crippen molar-refractivity contribution in [1.29, 1.82) is 0 Å². The molecule has 0 saturated carbocycles. The van der Waals surface area contributed by atoms with Gasteiger partial charge in [0.15, 0.2) is 6.61 Å². The molecule has 0 unspecified atom stereocenters. The lowest BCUT2D eigenvalue weighted by Gasteiger charge is -2.11. The number of para-hydroxylation sites is 1. The van der Waals surface area contributed by atoms with E-state index in [2.05, 4.69) is 5.32 Å². The number of rotatable bonds is 6. The lowest BCUT2D eigenvalue weighted by atomic mass is 10.2. The molecule has 0 aliphatic carbocycles. The van der Waals surface area contributed by atoms with E-state index in [9.17, 15) is 18.4 Å². The van der Waals surface area contributed by atoms with Crippen molar-refractivity contribution >= 4 is 46.6 Å². The largest absolute Gasteiger partial charge is 0.452 e. The van der Waals surface area contributed by atoms with Crippen LogP contribution in [0.25, 0.3) is 0 Å². The SMILES string of the molecule is Nc1ccc(Cl)cc1C(=O)OCC(=O)Nc1ccccc1SC(F)F. The highest BCUT2D eigenvalue weighted by Gasteiger charge is 2.15. The van der Waals surface area contributed by atoms with Crippen molar-refractivity contribution < 1.29 is 23.1 Å². The maximum atomic E-state index is 12.5. The minimum absolute atomic E-state index is 0.0361. The van der Waals surface area contributed by atoms with E-state index < -0.39 is 24.2 Å². The molecule has 0 bridgehead atoms. The second-order valence-corrected chi connectivity index (χ2v) is 6.20. The molecule has 9 heteroatoms. The van der Waals surface area contributed by atoms with Crippen LogP contribution < -0.4 is 11.1 Å². The summed E-state index contributed by atoms with van der Waals surface area (Å²) in [6.45, 7) is -0.599. The first kappa shape index (κ1) is 19.0. The minimum Gasteiger partial charge on any atom is -0.452 e. The summed E-state index contributed by atoms with van der Waals surface area (Å²) >= 11 is 6.09. The molecule has 0 aromatic heterocycles. The fourth-order valence-electron chi connectivity index (χ4n) is 1.87. The molecule has 0 fully saturated rings. The van der Waals surface area contributed by atoms with Gasteiger partial charge in [0.05, 0.1) is 11.3 Å². The number of anilines is 2. The first-order valence-corrected chi connectivity index (χ1v) is 8.18. The van der Waals surface area contributed by atoms with Gasteiger partial charge in [0.1, 0.15) is 0 Å². The Kier molecular flexibility index (Phi) is 6.60. The monoisotopic (exact) mass is 386 g/mol. The number of thioether (sulfide) groups is 1. The number of alkyl halides is 2. The smallest absolute Gasteiger partial charge is 0.340 e. The molecule has 132 valence electrons. The van der Waals surface area contributed by atoms with Crippen molar-refractivity contribution in [1.82, 2.24) is 0 Å². The van der Waals surface area contributed by atoms with Crippen LogP contribution in [0.15, 0.2) is 47.4 Å². The van der Waals surface area contributed by atoms with Gasteiger partial charge in [0.2, 0.25) is 0 Å². The molecule has 25 heavy (non-hydrogen) atoms. The van der Waals surface area contributed by atoms with E-state index in [4.69, 9.17) is 22.1 Å². The summed E-state index contributed by atoms with van der Waals surface area (Å²) < 4.78 is 29.9. The standard InChI is InChI=1S/C16H13ClF2N2O3S/c17-9-5-6-11(20)10(7-9)15(23)24-8-14(22)21-12-3-1-2-4-13(12)25-16(18)19/h1-7,16H,8,20H2,(H,21,22). The van der Waals surface area contributed by atoms with E-state index >= 15 is 0 Å². The van der Waals surface area contributed by atoms with E-state index in [-0.39, 0.29) is 21.8 Å². The molecule has 2 aromatic carbocycles. The molecule has 2 rings (SSSR count). The maximum absolute atomic E-state index is 12.5. The van der Waals surface area contributed by atoms with Crippen molar-refractivity contribution in [3.8, 4) is 0 Å². The molecule has 1 amide bonds. The van der Waals surface area contributed by atoms with Gasteiger partial charge in [-0.25, -0.2) is 4.79 Å². The number of hydrogen-bond acceptors (Lipinski definition) is 5. The summed E-state index contributed by atoms with van der Waals surface area (Å²) in [5.41, 5.74) is 6.05. The van der Waals surface area contributed by atoms with Gasteiger partial charge in [-0.1, -0.05) is 35.5 Å². The molecule has 2 aromatic rings. The molecular formula is C16H13ClF2N2O3S. The molecule has 3 N–H and O–H groups in total. The molecule has 5 nitrogen and oxygen atoms in total. The number of benzene rings is 2. The van der Waals surface area contributed by atoms with Crippen LogP contribution in [0.5, 0.6) is 0 Å². The van der Waals surface area contributed by atoms with E-state index in [0.717, 1.165) is 0 Å². The Morgan fingerprint density at radius 1 is 1.24 bits per heavy atom. The predicted molar refractivity (Wildman–Crippen MR) is 93.1 cm³/mol. The number of nitrogen functional groups attached to an aromatic ring is 1. The second-order valence-electron chi connectivity index (χ2n) is 4.73. The molecule has 0 atom stereocenters. The third-order valence-electron chi connectivity index (χ3n) is 2.95. The van der Waals surface area contributed by atoms with Gasteiger partial charge in [0.25, 0.3) is 11.7 Å². The number of hydrogen-bond donors (Lipinski definition) is 2. The van der Waals surface area contributed by atoms with E-state index in [1.54, 1.807) is 12.1 Å². The second kappa shape index (κ2) is 8.68. The maximum Gasteiger partial charge on any atom is 0.340 e. The zero-order valence-corrected chi connectivity index (χ0v) is 14.2. The van der Waals surface area contributed by atoms with Gasteiger partial charge >= 0.3 is 5.97 Å². The summed E-state index contributed by atoms with van der Waals surface area (Å²) in [4.78, 5) is 24.0. The van der Waals surface area contributed by atoms with Gasteiger partial charge < -0.3 is 15.8 Å². The van der Waals surface area contributed by atoms with E-state index in [1.165, 1.54) is 30.3 Å². The molecule has 0 spiro atoms. The van der Waals surface area contributed by atoms with Crippen molar-refractivity contribution in [2.75, 3.05) is 17.7 Å². The Morgan fingerprint density at radius 3 is 2.68 bits per heavy atom.